The van der Waals surface area contributed by atoms with E-state index >= 15 is 0 Å². The Morgan fingerprint density at radius 1 is 1.23 bits per heavy atom. The van der Waals surface area contributed by atoms with Gasteiger partial charge in [0.05, 0.1) is 6.20 Å². The molecule has 22 heavy (non-hydrogen) atoms. The zero-order chi connectivity index (χ0) is 14.9. The largest absolute Gasteiger partial charge is 0.367 e. The highest BCUT2D eigenvalue weighted by molar-refractivity contribution is 5.74. The number of imidazole rings is 2. The molecule has 3 aromatic heterocycles. The average Bonchev–Trinajstić information content (AvgIpc) is 3.13. The number of H-pyrrole nitrogens is 1. The van der Waals surface area contributed by atoms with Crippen LogP contribution in [0.5, 0.6) is 0 Å². The number of aromatic nitrogens is 5. The molecule has 0 unspecified atom stereocenters. The first-order chi connectivity index (χ1) is 10.8. The van der Waals surface area contributed by atoms with Gasteiger partial charge in [0.25, 0.3) is 0 Å². The van der Waals surface area contributed by atoms with Crippen molar-refractivity contribution in [2.24, 2.45) is 0 Å². The lowest BCUT2D eigenvalue weighted by Crippen LogP contribution is -2.23. The van der Waals surface area contributed by atoms with Crippen molar-refractivity contribution in [2.75, 3.05) is 5.32 Å². The summed E-state index contributed by atoms with van der Waals surface area (Å²) in [4.78, 5) is 16.6. The predicted molar refractivity (Wildman–Crippen MR) is 85.8 cm³/mol. The highest BCUT2D eigenvalue weighted by Crippen LogP contribution is 2.30. The third-order valence-electron chi connectivity index (χ3n) is 4.32. The molecule has 4 rings (SSSR count). The van der Waals surface area contributed by atoms with Crippen molar-refractivity contribution in [1.82, 2.24) is 24.3 Å². The van der Waals surface area contributed by atoms with Crippen LogP contribution in [0.25, 0.3) is 17.0 Å². The molecule has 0 spiro atoms. The monoisotopic (exact) mass is 296 g/mol. The summed E-state index contributed by atoms with van der Waals surface area (Å²) in [5.41, 5.74) is 2.61. The van der Waals surface area contributed by atoms with E-state index in [1.54, 1.807) is 12.4 Å². The molecular formula is C16H20N6. The fourth-order valence-electron chi connectivity index (χ4n) is 3.20. The van der Waals surface area contributed by atoms with Gasteiger partial charge in [-0.15, -0.1) is 0 Å². The van der Waals surface area contributed by atoms with Crippen LogP contribution in [0.15, 0.2) is 24.8 Å². The summed E-state index contributed by atoms with van der Waals surface area (Å²) in [6.45, 7) is 1.95. The van der Waals surface area contributed by atoms with Gasteiger partial charge in [-0.3, -0.25) is 9.38 Å². The highest BCUT2D eigenvalue weighted by atomic mass is 15.2. The van der Waals surface area contributed by atoms with Crippen LogP contribution in [0, 0.1) is 6.92 Å². The van der Waals surface area contributed by atoms with Gasteiger partial charge in [-0.25, -0.2) is 9.97 Å². The smallest absolute Gasteiger partial charge is 0.157 e. The third-order valence-corrected chi connectivity index (χ3v) is 4.32. The van der Waals surface area contributed by atoms with E-state index in [1.165, 1.54) is 32.1 Å². The lowest BCUT2D eigenvalue weighted by Gasteiger charge is -2.23. The molecule has 3 aromatic rings. The first-order valence-corrected chi connectivity index (χ1v) is 7.92. The Morgan fingerprint density at radius 2 is 2.09 bits per heavy atom. The second-order valence-corrected chi connectivity index (χ2v) is 5.96. The van der Waals surface area contributed by atoms with Crippen molar-refractivity contribution < 1.29 is 0 Å². The molecule has 1 saturated carbocycles. The Balaban J connectivity index is 1.79. The van der Waals surface area contributed by atoms with Crippen LogP contribution >= 0.6 is 0 Å². The van der Waals surface area contributed by atoms with Crippen molar-refractivity contribution >= 4 is 11.5 Å². The standard InChI is InChI=1S/C16H20N6/c1-11-18-9-13(19-11)15-16(20-12-5-3-2-4-6-12)22-8-7-17-10-14(22)21-15/h7-10,12,20H,2-6H2,1H3,(H,18,19). The fraction of sp³-hybridized carbons (Fsp3) is 0.438. The van der Waals surface area contributed by atoms with Crippen LogP contribution in [-0.4, -0.2) is 30.4 Å². The molecule has 0 atom stereocenters. The minimum Gasteiger partial charge on any atom is -0.367 e. The quantitative estimate of drug-likeness (QED) is 0.778. The number of aryl methyl sites for hydroxylation is 1. The molecule has 1 fully saturated rings. The number of hydrogen-bond donors (Lipinski definition) is 2. The first kappa shape index (κ1) is 13.3. The second-order valence-electron chi connectivity index (χ2n) is 5.96. The minimum atomic E-state index is 0.514. The molecule has 0 radical (unpaired) electrons. The summed E-state index contributed by atoms with van der Waals surface area (Å²) in [6, 6.07) is 0.514. The third kappa shape index (κ3) is 2.34. The molecule has 0 amide bonds. The highest BCUT2D eigenvalue weighted by Gasteiger charge is 2.20. The van der Waals surface area contributed by atoms with Crippen molar-refractivity contribution in [2.45, 2.75) is 45.1 Å². The van der Waals surface area contributed by atoms with Gasteiger partial charge in [-0.1, -0.05) is 19.3 Å². The summed E-state index contributed by atoms with van der Waals surface area (Å²) in [5.74, 6) is 1.92. The summed E-state index contributed by atoms with van der Waals surface area (Å²) >= 11 is 0. The molecule has 3 heterocycles. The molecule has 114 valence electrons. The van der Waals surface area contributed by atoms with Gasteiger partial charge < -0.3 is 10.3 Å². The topological polar surface area (TPSA) is 70.9 Å². The summed E-state index contributed by atoms with van der Waals surface area (Å²) in [7, 11) is 0. The summed E-state index contributed by atoms with van der Waals surface area (Å²) < 4.78 is 2.07. The molecule has 1 aliphatic rings. The van der Waals surface area contributed by atoms with E-state index < -0.39 is 0 Å². The van der Waals surface area contributed by atoms with E-state index in [1.807, 2.05) is 19.3 Å². The van der Waals surface area contributed by atoms with Gasteiger partial charge in [-0.05, 0) is 19.8 Å². The summed E-state index contributed by atoms with van der Waals surface area (Å²) in [5, 5.41) is 3.70. The van der Waals surface area contributed by atoms with Gasteiger partial charge in [0.15, 0.2) is 5.65 Å². The first-order valence-electron chi connectivity index (χ1n) is 7.92. The number of rotatable bonds is 3. The van der Waals surface area contributed by atoms with Crippen molar-refractivity contribution in [3.05, 3.63) is 30.6 Å². The molecule has 0 saturated heterocycles. The molecular weight excluding hydrogens is 276 g/mol. The van der Waals surface area contributed by atoms with Crippen LogP contribution in [-0.2, 0) is 0 Å². The van der Waals surface area contributed by atoms with Crippen molar-refractivity contribution in [1.29, 1.82) is 0 Å². The molecule has 1 aliphatic carbocycles. The lowest BCUT2D eigenvalue weighted by atomic mass is 9.95. The second kappa shape index (κ2) is 5.44. The maximum atomic E-state index is 4.72. The van der Waals surface area contributed by atoms with E-state index in [-0.39, 0.29) is 0 Å². The van der Waals surface area contributed by atoms with Gasteiger partial charge in [0.2, 0.25) is 0 Å². The SMILES string of the molecule is Cc1nc(-c2nc3cnccn3c2NC2CCCCC2)c[nH]1. The summed E-state index contributed by atoms with van der Waals surface area (Å²) in [6.07, 6.45) is 13.8. The number of nitrogens with one attached hydrogen (secondary N) is 2. The van der Waals surface area contributed by atoms with Crippen molar-refractivity contribution in [3.8, 4) is 11.4 Å². The normalized spacial score (nSPS) is 16.2. The number of anilines is 1. The zero-order valence-corrected chi connectivity index (χ0v) is 12.7. The van der Waals surface area contributed by atoms with Gasteiger partial charge >= 0.3 is 0 Å². The lowest BCUT2D eigenvalue weighted by molar-refractivity contribution is 0.461. The van der Waals surface area contributed by atoms with Gasteiger partial charge in [0.1, 0.15) is 23.0 Å². The van der Waals surface area contributed by atoms with Crippen LogP contribution in [0.1, 0.15) is 37.9 Å². The number of nitrogens with zero attached hydrogens (tertiary/aromatic N) is 4. The van der Waals surface area contributed by atoms with Crippen LogP contribution in [0.4, 0.5) is 5.82 Å². The van der Waals surface area contributed by atoms with E-state index in [0.717, 1.165) is 28.7 Å². The maximum Gasteiger partial charge on any atom is 0.157 e. The Morgan fingerprint density at radius 3 is 2.86 bits per heavy atom. The number of hydrogen-bond acceptors (Lipinski definition) is 4. The van der Waals surface area contributed by atoms with Crippen LogP contribution < -0.4 is 5.32 Å². The molecule has 6 heteroatoms. The van der Waals surface area contributed by atoms with Gasteiger partial charge in [-0.2, -0.15) is 0 Å². The zero-order valence-electron chi connectivity index (χ0n) is 12.7. The predicted octanol–water partition coefficient (Wildman–Crippen LogP) is 3.17. The van der Waals surface area contributed by atoms with E-state index in [2.05, 4.69) is 24.7 Å². The van der Waals surface area contributed by atoms with Gasteiger partial charge in [0, 0.05) is 24.6 Å². The van der Waals surface area contributed by atoms with Crippen LogP contribution in [0.2, 0.25) is 0 Å². The average molecular weight is 296 g/mol. The Labute approximate surface area is 129 Å². The van der Waals surface area contributed by atoms with E-state index in [4.69, 9.17) is 4.98 Å². The minimum absolute atomic E-state index is 0.514. The maximum absolute atomic E-state index is 4.72. The molecule has 0 aromatic carbocycles. The fourth-order valence-corrected chi connectivity index (χ4v) is 3.20. The Bertz CT molecular complexity index is 781. The Kier molecular flexibility index (Phi) is 3.29. The van der Waals surface area contributed by atoms with E-state index in [9.17, 15) is 0 Å². The molecule has 6 nitrogen and oxygen atoms in total. The van der Waals surface area contributed by atoms with Crippen molar-refractivity contribution in [3.63, 3.8) is 0 Å². The molecule has 0 bridgehead atoms. The van der Waals surface area contributed by atoms with Crippen LogP contribution in [0.3, 0.4) is 0 Å². The number of aromatic amines is 1. The Hall–Kier alpha value is -2.37. The number of fused-ring (bicyclic) bond motifs is 1. The molecule has 0 aliphatic heterocycles. The van der Waals surface area contributed by atoms with E-state index in [0.29, 0.717) is 6.04 Å². The molecule has 2 N–H and O–H groups in total.